The van der Waals surface area contributed by atoms with Crippen LogP contribution in [0, 0.1) is 0 Å². The third-order valence-corrected chi connectivity index (χ3v) is 3.87. The Morgan fingerprint density at radius 3 is 3.13 bits per heavy atom. The normalized spacial score (nSPS) is 12.9. The summed E-state index contributed by atoms with van der Waals surface area (Å²) in [4.78, 5) is 20.2. The van der Waals surface area contributed by atoms with Crippen molar-refractivity contribution in [1.82, 2.24) is 9.97 Å². The summed E-state index contributed by atoms with van der Waals surface area (Å²) in [5.41, 5.74) is 5.20. The fraction of sp³-hybridized carbons (Fsp3) is 0.222. The van der Waals surface area contributed by atoms with E-state index in [-0.39, 0.29) is 11.2 Å². The van der Waals surface area contributed by atoms with Crippen LogP contribution < -0.4 is 5.73 Å². The third-order valence-electron chi connectivity index (χ3n) is 1.91. The van der Waals surface area contributed by atoms with E-state index < -0.39 is 0 Å². The SMILES string of the molecule is C[C@@H](Sc1ncnc2sccc12)C(N)=O. The number of carbonyl (C=O) groups excluding carboxylic acids is 1. The first-order valence-corrected chi connectivity index (χ1v) is 6.08. The molecule has 0 fully saturated rings. The number of hydrogen-bond donors (Lipinski definition) is 1. The molecule has 78 valence electrons. The Morgan fingerprint density at radius 2 is 2.40 bits per heavy atom. The van der Waals surface area contributed by atoms with Crippen molar-refractivity contribution in [2.75, 3.05) is 0 Å². The molecule has 6 heteroatoms. The van der Waals surface area contributed by atoms with Crippen LogP contribution in [0.5, 0.6) is 0 Å². The molecule has 0 unspecified atom stereocenters. The summed E-state index contributed by atoms with van der Waals surface area (Å²) < 4.78 is 0. The monoisotopic (exact) mass is 239 g/mol. The number of primary amides is 1. The number of aromatic nitrogens is 2. The van der Waals surface area contributed by atoms with Crippen molar-refractivity contribution in [3.8, 4) is 0 Å². The Labute approximate surface area is 94.9 Å². The molecule has 0 saturated heterocycles. The van der Waals surface area contributed by atoms with E-state index in [0.717, 1.165) is 15.2 Å². The minimum absolute atomic E-state index is 0.275. The lowest BCUT2D eigenvalue weighted by atomic mass is 10.4. The number of rotatable bonds is 3. The predicted octanol–water partition coefficient (Wildman–Crippen LogP) is 1.66. The van der Waals surface area contributed by atoms with Gasteiger partial charge in [0.2, 0.25) is 5.91 Å². The molecule has 2 rings (SSSR count). The van der Waals surface area contributed by atoms with Gasteiger partial charge in [-0.1, -0.05) is 11.8 Å². The first-order chi connectivity index (χ1) is 7.18. The van der Waals surface area contributed by atoms with Crippen LogP contribution in [-0.2, 0) is 4.79 Å². The summed E-state index contributed by atoms with van der Waals surface area (Å²) in [7, 11) is 0. The van der Waals surface area contributed by atoms with E-state index in [4.69, 9.17) is 5.73 Å². The fourth-order valence-electron chi connectivity index (χ4n) is 1.09. The van der Waals surface area contributed by atoms with Crippen LogP contribution in [0.25, 0.3) is 10.2 Å². The molecule has 0 bridgehead atoms. The van der Waals surface area contributed by atoms with E-state index in [1.54, 1.807) is 18.3 Å². The third kappa shape index (κ3) is 2.10. The van der Waals surface area contributed by atoms with Gasteiger partial charge in [-0.2, -0.15) is 0 Å². The minimum Gasteiger partial charge on any atom is -0.369 e. The molecule has 1 atom stereocenters. The first-order valence-electron chi connectivity index (χ1n) is 4.32. The zero-order valence-electron chi connectivity index (χ0n) is 8.01. The molecular formula is C9H9N3OS2. The zero-order chi connectivity index (χ0) is 10.8. The largest absolute Gasteiger partial charge is 0.369 e. The van der Waals surface area contributed by atoms with Gasteiger partial charge in [0.05, 0.1) is 5.25 Å². The summed E-state index contributed by atoms with van der Waals surface area (Å²) in [6.07, 6.45) is 1.51. The summed E-state index contributed by atoms with van der Waals surface area (Å²) >= 11 is 2.92. The maximum atomic E-state index is 10.9. The summed E-state index contributed by atoms with van der Waals surface area (Å²) in [6, 6.07) is 1.95. The Balaban J connectivity index is 2.35. The summed E-state index contributed by atoms with van der Waals surface area (Å²) in [5, 5.41) is 3.48. The molecule has 0 aliphatic heterocycles. The standard InChI is InChI=1S/C9H9N3OS2/c1-5(7(10)13)15-9-6-2-3-14-8(6)11-4-12-9/h2-5H,1H3,(H2,10,13)/t5-/m1/s1. The van der Waals surface area contributed by atoms with Gasteiger partial charge in [0, 0.05) is 5.39 Å². The van der Waals surface area contributed by atoms with Crippen molar-refractivity contribution in [1.29, 1.82) is 0 Å². The van der Waals surface area contributed by atoms with Gasteiger partial charge < -0.3 is 5.73 Å². The highest BCUT2D eigenvalue weighted by molar-refractivity contribution is 8.00. The maximum absolute atomic E-state index is 10.9. The van der Waals surface area contributed by atoms with E-state index >= 15 is 0 Å². The summed E-state index contributed by atoms with van der Waals surface area (Å²) in [6.45, 7) is 1.77. The first kappa shape index (κ1) is 10.4. The van der Waals surface area contributed by atoms with Crippen LogP contribution in [0.3, 0.4) is 0 Å². The van der Waals surface area contributed by atoms with Crippen LogP contribution in [0.15, 0.2) is 22.8 Å². The van der Waals surface area contributed by atoms with Gasteiger partial charge in [0.25, 0.3) is 0 Å². The number of nitrogens with zero attached hydrogens (tertiary/aromatic N) is 2. The van der Waals surface area contributed by atoms with Gasteiger partial charge in [0.15, 0.2) is 0 Å². The zero-order valence-corrected chi connectivity index (χ0v) is 9.64. The van der Waals surface area contributed by atoms with E-state index in [1.165, 1.54) is 18.1 Å². The lowest BCUT2D eigenvalue weighted by Gasteiger charge is -2.06. The molecule has 2 N–H and O–H groups in total. The molecule has 0 aliphatic carbocycles. The van der Waals surface area contributed by atoms with Crippen LogP contribution >= 0.6 is 23.1 Å². The van der Waals surface area contributed by atoms with Gasteiger partial charge in [-0.15, -0.1) is 11.3 Å². The van der Waals surface area contributed by atoms with E-state index in [1.807, 2.05) is 11.4 Å². The van der Waals surface area contributed by atoms with Crippen LogP contribution in [-0.4, -0.2) is 21.1 Å². The second-order valence-electron chi connectivity index (χ2n) is 2.98. The molecule has 2 aromatic rings. The fourth-order valence-corrected chi connectivity index (χ4v) is 2.73. The number of nitrogens with two attached hydrogens (primary N) is 1. The van der Waals surface area contributed by atoms with E-state index in [0.29, 0.717) is 0 Å². The average Bonchev–Trinajstić information content (AvgIpc) is 2.66. The van der Waals surface area contributed by atoms with E-state index in [9.17, 15) is 4.79 Å². The molecule has 1 amide bonds. The van der Waals surface area contributed by atoms with Crippen LogP contribution in [0.4, 0.5) is 0 Å². The minimum atomic E-state index is -0.331. The molecule has 0 aromatic carbocycles. The van der Waals surface area contributed by atoms with Gasteiger partial charge >= 0.3 is 0 Å². The number of fused-ring (bicyclic) bond motifs is 1. The average molecular weight is 239 g/mol. The van der Waals surface area contributed by atoms with Gasteiger partial charge in [-0.3, -0.25) is 4.79 Å². The molecule has 0 aliphatic rings. The molecule has 2 heterocycles. The second kappa shape index (κ2) is 4.16. The second-order valence-corrected chi connectivity index (χ2v) is 5.20. The Bertz CT molecular complexity index is 497. The molecule has 2 aromatic heterocycles. The van der Waals surface area contributed by atoms with Crippen molar-refractivity contribution >= 4 is 39.2 Å². The molecule has 4 nitrogen and oxygen atoms in total. The number of thioether (sulfide) groups is 1. The van der Waals surface area contributed by atoms with Crippen LogP contribution in [0.2, 0.25) is 0 Å². The smallest absolute Gasteiger partial charge is 0.230 e. The maximum Gasteiger partial charge on any atom is 0.230 e. The topological polar surface area (TPSA) is 68.9 Å². The van der Waals surface area contributed by atoms with Gasteiger partial charge in [-0.05, 0) is 18.4 Å². The predicted molar refractivity (Wildman–Crippen MR) is 61.9 cm³/mol. The van der Waals surface area contributed by atoms with Crippen molar-refractivity contribution in [2.45, 2.75) is 17.2 Å². The number of carbonyl (C=O) groups is 1. The van der Waals surface area contributed by atoms with Crippen molar-refractivity contribution in [3.05, 3.63) is 17.8 Å². The quantitative estimate of drug-likeness (QED) is 0.653. The van der Waals surface area contributed by atoms with Crippen LogP contribution in [0.1, 0.15) is 6.92 Å². The number of amides is 1. The molecular weight excluding hydrogens is 230 g/mol. The molecule has 0 radical (unpaired) electrons. The highest BCUT2D eigenvalue weighted by Gasteiger charge is 2.13. The lowest BCUT2D eigenvalue weighted by Crippen LogP contribution is -2.22. The van der Waals surface area contributed by atoms with Crippen molar-refractivity contribution in [3.63, 3.8) is 0 Å². The number of hydrogen-bond acceptors (Lipinski definition) is 5. The highest BCUT2D eigenvalue weighted by Crippen LogP contribution is 2.29. The Morgan fingerprint density at radius 1 is 1.60 bits per heavy atom. The van der Waals surface area contributed by atoms with Crippen molar-refractivity contribution in [2.24, 2.45) is 5.73 Å². The molecule has 0 saturated carbocycles. The van der Waals surface area contributed by atoms with Gasteiger partial charge in [0.1, 0.15) is 16.2 Å². The van der Waals surface area contributed by atoms with Crippen molar-refractivity contribution < 1.29 is 4.79 Å². The highest BCUT2D eigenvalue weighted by atomic mass is 32.2. The molecule has 0 spiro atoms. The number of thiophene rings is 1. The van der Waals surface area contributed by atoms with Gasteiger partial charge in [-0.25, -0.2) is 9.97 Å². The van der Waals surface area contributed by atoms with E-state index in [2.05, 4.69) is 9.97 Å². The Kier molecular flexibility index (Phi) is 2.88. The molecule has 15 heavy (non-hydrogen) atoms. The lowest BCUT2D eigenvalue weighted by molar-refractivity contribution is -0.117. The summed E-state index contributed by atoms with van der Waals surface area (Å²) in [5.74, 6) is -0.331. The Hall–Kier alpha value is -1.14.